The zero-order valence-electron chi connectivity index (χ0n) is 47.9. The second kappa shape index (κ2) is 55.4. The number of carbonyl (C=O) groups is 3. The van der Waals surface area contributed by atoms with Gasteiger partial charge in [0.15, 0.2) is 6.10 Å². The summed E-state index contributed by atoms with van der Waals surface area (Å²) in [5.41, 5.74) is 0. The van der Waals surface area contributed by atoms with Gasteiger partial charge in [-0.25, -0.2) is 4.79 Å². The first-order valence-corrected chi connectivity index (χ1v) is 29.0. The molecule has 0 aliphatic heterocycles. The number of unbranched alkanes of at least 4 members (excludes halogenated alkanes) is 12. The lowest BCUT2D eigenvalue weighted by molar-refractivity contribution is -0.870. The molecule has 0 aliphatic rings. The van der Waals surface area contributed by atoms with Crippen LogP contribution in [0.4, 0.5) is 0 Å². The normalized spacial score (nSPS) is 13.9. The molecule has 0 saturated heterocycles. The van der Waals surface area contributed by atoms with Crippen LogP contribution >= 0.6 is 0 Å². The third-order valence-electron chi connectivity index (χ3n) is 11.6. The number of rotatable bonds is 51. The minimum Gasteiger partial charge on any atom is -0.477 e. The molecule has 2 atom stereocenters. The maximum atomic E-state index is 12.9. The van der Waals surface area contributed by atoms with Crippen LogP contribution in [0.25, 0.3) is 0 Å². The third-order valence-corrected chi connectivity index (χ3v) is 11.6. The summed E-state index contributed by atoms with van der Waals surface area (Å²) in [5.74, 6) is -2.06. The molecule has 9 heteroatoms. The standard InChI is InChI=1S/C66H105NO8/c1-6-8-10-12-14-16-18-20-22-24-26-27-28-29-30-31-32-33-34-35-36-37-39-41-43-45-47-49-51-53-55-57-64(69)75-62(61-74-66(65(70)71)72-59-58-67(3,4)5)60-73-63(68)56-54-52-50-48-46-44-42-40-38-25-23-21-19-17-15-13-11-9-7-2/h8-11,14-17,20-23,26-27,29-30,32-33,35-36,38-41,62,66H,6-7,12-13,18-19,24-25,28,31,34,37,42-61H2,1-5H3/p+1/b10-8-,11-9-,16-14-,17-15-,22-20-,23-21-,27-26-,30-29-,33-32-,36-35-,40-38-,41-39-. The average Bonchev–Trinajstić information content (AvgIpc) is 3.38. The quantitative estimate of drug-likeness (QED) is 0.0211. The van der Waals surface area contributed by atoms with E-state index in [-0.39, 0.29) is 38.6 Å². The van der Waals surface area contributed by atoms with Gasteiger partial charge >= 0.3 is 17.9 Å². The van der Waals surface area contributed by atoms with Crippen LogP contribution in [0.1, 0.15) is 194 Å². The lowest BCUT2D eigenvalue weighted by atomic mass is 10.1. The van der Waals surface area contributed by atoms with Gasteiger partial charge in [0.25, 0.3) is 6.29 Å². The largest absolute Gasteiger partial charge is 0.477 e. The van der Waals surface area contributed by atoms with Crippen LogP contribution < -0.4 is 0 Å². The molecule has 0 bridgehead atoms. The monoisotopic (exact) mass is 1040 g/mol. The molecule has 2 unspecified atom stereocenters. The molecule has 0 radical (unpaired) electrons. The fourth-order valence-electron chi connectivity index (χ4n) is 7.19. The fraction of sp³-hybridized carbons (Fsp3) is 0.591. The summed E-state index contributed by atoms with van der Waals surface area (Å²) < 4.78 is 22.8. The fourth-order valence-corrected chi connectivity index (χ4v) is 7.19. The predicted octanol–water partition coefficient (Wildman–Crippen LogP) is 17.2. The van der Waals surface area contributed by atoms with E-state index in [4.69, 9.17) is 18.9 Å². The van der Waals surface area contributed by atoms with Gasteiger partial charge in [-0.2, -0.15) is 0 Å². The summed E-state index contributed by atoms with van der Waals surface area (Å²) >= 11 is 0. The van der Waals surface area contributed by atoms with Crippen molar-refractivity contribution in [2.75, 3.05) is 47.5 Å². The van der Waals surface area contributed by atoms with Gasteiger partial charge in [-0.3, -0.25) is 9.59 Å². The molecule has 0 fully saturated rings. The second-order valence-electron chi connectivity index (χ2n) is 19.8. The van der Waals surface area contributed by atoms with Crippen molar-refractivity contribution in [2.45, 2.75) is 206 Å². The summed E-state index contributed by atoms with van der Waals surface area (Å²) in [6.45, 7) is 4.59. The molecule has 1 N–H and O–H groups in total. The molecule has 0 aromatic rings. The average molecular weight is 1040 g/mol. The summed E-state index contributed by atoms with van der Waals surface area (Å²) in [6, 6.07) is 0. The maximum Gasteiger partial charge on any atom is 0.361 e. The van der Waals surface area contributed by atoms with Crippen molar-refractivity contribution in [1.82, 2.24) is 0 Å². The van der Waals surface area contributed by atoms with Crippen molar-refractivity contribution in [2.24, 2.45) is 0 Å². The molecule has 0 aromatic carbocycles. The molecule has 75 heavy (non-hydrogen) atoms. The Labute approximate surface area is 458 Å². The summed E-state index contributed by atoms with van der Waals surface area (Å²) in [7, 11) is 5.94. The maximum absolute atomic E-state index is 12.9. The van der Waals surface area contributed by atoms with E-state index in [0.717, 1.165) is 161 Å². The van der Waals surface area contributed by atoms with E-state index in [2.05, 4.69) is 160 Å². The molecule has 422 valence electrons. The number of likely N-dealkylation sites (N-methyl/N-ethyl adjacent to an activating group) is 1. The molecule has 0 amide bonds. The Morgan fingerprint density at radius 1 is 0.400 bits per heavy atom. The van der Waals surface area contributed by atoms with E-state index in [9.17, 15) is 19.5 Å². The van der Waals surface area contributed by atoms with E-state index in [1.54, 1.807) is 0 Å². The lowest BCUT2D eigenvalue weighted by Gasteiger charge is -2.25. The number of carboxylic acids is 1. The third kappa shape index (κ3) is 56.7. The van der Waals surface area contributed by atoms with Crippen molar-refractivity contribution in [3.05, 3.63) is 146 Å². The number of hydrogen-bond acceptors (Lipinski definition) is 7. The van der Waals surface area contributed by atoms with E-state index < -0.39 is 24.3 Å². The lowest BCUT2D eigenvalue weighted by Crippen LogP contribution is -2.40. The minimum atomic E-state index is -1.53. The number of hydrogen-bond donors (Lipinski definition) is 1. The Hall–Kier alpha value is -4.83. The highest BCUT2D eigenvalue weighted by Crippen LogP contribution is 2.13. The van der Waals surface area contributed by atoms with Crippen LogP contribution in [-0.2, 0) is 33.3 Å². The van der Waals surface area contributed by atoms with Crippen molar-refractivity contribution < 1.29 is 42.9 Å². The highest BCUT2D eigenvalue weighted by Gasteiger charge is 2.25. The summed E-state index contributed by atoms with van der Waals surface area (Å²) in [6.07, 6.45) is 77.7. The molecule has 0 rings (SSSR count). The van der Waals surface area contributed by atoms with Gasteiger partial charge in [0.1, 0.15) is 13.2 Å². The molecule has 0 saturated carbocycles. The molecular weight excluding hydrogens is 935 g/mol. The Balaban J connectivity index is 4.35. The van der Waals surface area contributed by atoms with Gasteiger partial charge < -0.3 is 28.5 Å². The van der Waals surface area contributed by atoms with Crippen LogP contribution in [0.5, 0.6) is 0 Å². The van der Waals surface area contributed by atoms with E-state index >= 15 is 0 Å². The Morgan fingerprint density at radius 2 is 0.720 bits per heavy atom. The van der Waals surface area contributed by atoms with Crippen molar-refractivity contribution in [1.29, 1.82) is 0 Å². The predicted molar refractivity (Wildman–Crippen MR) is 317 cm³/mol. The van der Waals surface area contributed by atoms with E-state index in [1.807, 2.05) is 21.1 Å². The first kappa shape index (κ1) is 70.2. The number of quaternary nitrogens is 1. The smallest absolute Gasteiger partial charge is 0.361 e. The molecule has 0 spiro atoms. The second-order valence-corrected chi connectivity index (χ2v) is 19.8. The van der Waals surface area contributed by atoms with E-state index in [0.29, 0.717) is 17.4 Å². The topological polar surface area (TPSA) is 108 Å². The highest BCUT2D eigenvalue weighted by molar-refractivity contribution is 5.71. The molecular formula is C66H106NO8+. The van der Waals surface area contributed by atoms with Gasteiger partial charge in [0, 0.05) is 12.8 Å². The number of carbonyl (C=O) groups excluding carboxylic acids is 2. The van der Waals surface area contributed by atoms with Crippen LogP contribution in [0.3, 0.4) is 0 Å². The van der Waals surface area contributed by atoms with Crippen LogP contribution in [0, 0.1) is 0 Å². The Bertz CT molecular complexity index is 1730. The van der Waals surface area contributed by atoms with Crippen molar-refractivity contribution in [3.8, 4) is 0 Å². The number of carboxylic acid groups (broad SMARTS) is 1. The van der Waals surface area contributed by atoms with Crippen LogP contribution in [0.2, 0.25) is 0 Å². The van der Waals surface area contributed by atoms with Gasteiger partial charge in [0.2, 0.25) is 0 Å². The van der Waals surface area contributed by atoms with Crippen LogP contribution in [0.15, 0.2) is 146 Å². The Kier molecular flexibility index (Phi) is 51.8. The zero-order valence-corrected chi connectivity index (χ0v) is 47.9. The SMILES string of the molecule is CC/C=C\C/C=C\C/C=C\C/C=C\C/C=C\C/C=C\C/C=C\C/C=C\CCCCCCCCC(=O)OC(COC(=O)CCCCCCCC/C=C\C/C=C\C/C=C\C/C=C\CC)COC(OCC[N+](C)(C)C)C(=O)O. The number of allylic oxidation sites excluding steroid dienone is 24. The van der Waals surface area contributed by atoms with Gasteiger partial charge in [-0.15, -0.1) is 0 Å². The summed E-state index contributed by atoms with van der Waals surface area (Å²) in [5, 5.41) is 9.70. The molecule has 0 aromatic heterocycles. The first-order valence-electron chi connectivity index (χ1n) is 29.0. The van der Waals surface area contributed by atoms with Crippen molar-refractivity contribution in [3.63, 3.8) is 0 Å². The van der Waals surface area contributed by atoms with Gasteiger partial charge in [-0.05, 0) is 116 Å². The van der Waals surface area contributed by atoms with Crippen LogP contribution in [-0.4, -0.2) is 87.4 Å². The molecule has 0 heterocycles. The summed E-state index contributed by atoms with van der Waals surface area (Å²) in [4.78, 5) is 37.4. The number of nitrogens with zero attached hydrogens (tertiary/aromatic N) is 1. The van der Waals surface area contributed by atoms with E-state index in [1.165, 1.54) is 0 Å². The molecule has 9 nitrogen and oxygen atoms in total. The van der Waals surface area contributed by atoms with Gasteiger partial charge in [-0.1, -0.05) is 211 Å². The Morgan fingerprint density at radius 3 is 1.07 bits per heavy atom. The number of ether oxygens (including phenoxy) is 4. The number of esters is 2. The van der Waals surface area contributed by atoms with Gasteiger partial charge in [0.05, 0.1) is 34.4 Å². The highest BCUT2D eigenvalue weighted by atomic mass is 16.7. The number of aliphatic carboxylic acids is 1. The minimum absolute atomic E-state index is 0.173. The van der Waals surface area contributed by atoms with Crippen molar-refractivity contribution >= 4 is 17.9 Å². The molecule has 0 aliphatic carbocycles. The zero-order chi connectivity index (χ0) is 54.8. The first-order chi connectivity index (χ1) is 36.6.